The van der Waals surface area contributed by atoms with Crippen LogP contribution in [0.25, 0.3) is 0 Å². The molecule has 9 heteroatoms. The van der Waals surface area contributed by atoms with Gasteiger partial charge in [0.15, 0.2) is 0 Å². The Balaban J connectivity index is 1.63. The minimum Gasteiger partial charge on any atom is -0.497 e. The van der Waals surface area contributed by atoms with Gasteiger partial charge in [0.25, 0.3) is 0 Å². The van der Waals surface area contributed by atoms with E-state index < -0.39 is 10.0 Å². The zero-order chi connectivity index (χ0) is 21.2. The Morgan fingerprint density at radius 3 is 2.38 bits per heavy atom. The Hall–Kier alpha value is -2.39. The van der Waals surface area contributed by atoms with Gasteiger partial charge >= 0.3 is 0 Å². The minimum absolute atomic E-state index is 0.0895. The highest BCUT2D eigenvalue weighted by Crippen LogP contribution is 2.26. The average molecular weight is 421 g/mol. The molecule has 0 radical (unpaired) electrons. The van der Waals surface area contributed by atoms with Crippen molar-refractivity contribution in [3.8, 4) is 5.75 Å². The SMILES string of the molecule is COc1ccc(S(=O)(=O)N2CCC(C(=O)Nc3cc(C)nn3C(C)C)CC2)cc1. The van der Waals surface area contributed by atoms with Crippen molar-refractivity contribution in [1.82, 2.24) is 14.1 Å². The van der Waals surface area contributed by atoms with Crippen LogP contribution in [0.15, 0.2) is 35.2 Å². The van der Waals surface area contributed by atoms with Gasteiger partial charge < -0.3 is 10.1 Å². The summed E-state index contributed by atoms with van der Waals surface area (Å²) >= 11 is 0. The maximum atomic E-state index is 12.8. The maximum absolute atomic E-state index is 12.8. The number of hydrogen-bond donors (Lipinski definition) is 1. The molecule has 0 unspecified atom stereocenters. The topological polar surface area (TPSA) is 93.5 Å². The maximum Gasteiger partial charge on any atom is 0.243 e. The lowest BCUT2D eigenvalue weighted by Crippen LogP contribution is -2.41. The number of carbonyl (C=O) groups excluding carboxylic acids is 1. The molecule has 158 valence electrons. The van der Waals surface area contributed by atoms with Crippen molar-refractivity contribution in [2.45, 2.75) is 44.6 Å². The number of anilines is 1. The predicted octanol–water partition coefficient (Wildman–Crippen LogP) is 2.82. The molecule has 1 saturated heterocycles. The summed E-state index contributed by atoms with van der Waals surface area (Å²) in [7, 11) is -2.04. The number of aromatic nitrogens is 2. The van der Waals surface area contributed by atoms with Gasteiger partial charge in [0.1, 0.15) is 11.6 Å². The molecule has 1 aromatic carbocycles. The van der Waals surface area contributed by atoms with Crippen molar-refractivity contribution in [1.29, 1.82) is 0 Å². The molecule has 2 heterocycles. The first kappa shape index (κ1) is 21.3. The molecule has 0 aliphatic carbocycles. The number of hydrogen-bond acceptors (Lipinski definition) is 5. The molecule has 8 nitrogen and oxygen atoms in total. The lowest BCUT2D eigenvalue weighted by Gasteiger charge is -2.30. The Morgan fingerprint density at radius 1 is 1.21 bits per heavy atom. The molecule has 1 aromatic heterocycles. The van der Waals surface area contributed by atoms with E-state index in [0.717, 1.165) is 5.69 Å². The molecule has 0 atom stereocenters. The first-order chi connectivity index (χ1) is 13.7. The highest BCUT2D eigenvalue weighted by molar-refractivity contribution is 7.89. The van der Waals surface area contributed by atoms with Gasteiger partial charge in [-0.15, -0.1) is 0 Å². The molecule has 1 aliphatic rings. The van der Waals surface area contributed by atoms with E-state index in [9.17, 15) is 13.2 Å². The van der Waals surface area contributed by atoms with Crippen molar-refractivity contribution in [3.63, 3.8) is 0 Å². The predicted molar refractivity (Wildman–Crippen MR) is 110 cm³/mol. The Morgan fingerprint density at radius 2 is 1.83 bits per heavy atom. The number of sulfonamides is 1. The summed E-state index contributed by atoms with van der Waals surface area (Å²) in [6, 6.07) is 8.33. The van der Waals surface area contributed by atoms with Crippen molar-refractivity contribution in [3.05, 3.63) is 36.0 Å². The van der Waals surface area contributed by atoms with Crippen molar-refractivity contribution >= 4 is 21.7 Å². The number of nitrogens with one attached hydrogen (secondary N) is 1. The van der Waals surface area contributed by atoms with E-state index in [4.69, 9.17) is 4.74 Å². The van der Waals surface area contributed by atoms with E-state index in [1.807, 2.05) is 26.8 Å². The van der Waals surface area contributed by atoms with Crippen LogP contribution in [0.3, 0.4) is 0 Å². The van der Waals surface area contributed by atoms with Crippen molar-refractivity contribution in [2.24, 2.45) is 5.92 Å². The van der Waals surface area contributed by atoms with Crippen LogP contribution in [0.2, 0.25) is 0 Å². The summed E-state index contributed by atoms with van der Waals surface area (Å²) < 4.78 is 34.0. The molecule has 1 amide bonds. The number of methoxy groups -OCH3 is 1. The first-order valence-electron chi connectivity index (χ1n) is 9.73. The molecule has 1 aliphatic heterocycles. The lowest BCUT2D eigenvalue weighted by molar-refractivity contribution is -0.121. The number of benzene rings is 1. The highest BCUT2D eigenvalue weighted by atomic mass is 32.2. The fourth-order valence-electron chi connectivity index (χ4n) is 3.49. The quantitative estimate of drug-likeness (QED) is 0.776. The molecule has 2 aromatic rings. The Kier molecular flexibility index (Phi) is 6.28. The summed E-state index contributed by atoms with van der Waals surface area (Å²) in [4.78, 5) is 12.9. The summed E-state index contributed by atoms with van der Waals surface area (Å²) in [5, 5.41) is 7.36. The monoisotopic (exact) mass is 420 g/mol. The van der Waals surface area contributed by atoms with Crippen LogP contribution in [-0.2, 0) is 14.8 Å². The van der Waals surface area contributed by atoms with Gasteiger partial charge in [0.2, 0.25) is 15.9 Å². The van der Waals surface area contributed by atoms with Gasteiger partial charge in [-0.05, 0) is 57.9 Å². The van der Waals surface area contributed by atoms with Gasteiger partial charge in [-0.2, -0.15) is 9.40 Å². The molecule has 1 N–H and O–H groups in total. The third-order valence-electron chi connectivity index (χ3n) is 5.12. The molecule has 0 bridgehead atoms. The molecular formula is C20H28N4O4S. The minimum atomic E-state index is -3.58. The highest BCUT2D eigenvalue weighted by Gasteiger charge is 2.32. The fraction of sp³-hybridized carbons (Fsp3) is 0.500. The summed E-state index contributed by atoms with van der Waals surface area (Å²) in [6.45, 7) is 6.52. The molecule has 1 fully saturated rings. The number of nitrogens with zero attached hydrogens (tertiary/aromatic N) is 3. The molecule has 3 rings (SSSR count). The second-order valence-corrected chi connectivity index (χ2v) is 9.49. The average Bonchev–Trinajstić information content (AvgIpc) is 3.08. The Bertz CT molecular complexity index is 959. The molecule has 0 saturated carbocycles. The van der Waals surface area contributed by atoms with E-state index in [1.165, 1.54) is 11.4 Å². The van der Waals surface area contributed by atoms with Gasteiger partial charge in [0.05, 0.1) is 17.7 Å². The van der Waals surface area contributed by atoms with Crippen LogP contribution in [0.1, 0.15) is 38.4 Å². The number of ether oxygens (including phenoxy) is 1. The number of carbonyl (C=O) groups is 1. The number of rotatable bonds is 6. The van der Waals surface area contributed by atoms with E-state index in [0.29, 0.717) is 37.5 Å². The van der Waals surface area contributed by atoms with Gasteiger partial charge in [0, 0.05) is 31.1 Å². The zero-order valence-electron chi connectivity index (χ0n) is 17.3. The van der Waals surface area contributed by atoms with E-state index >= 15 is 0 Å². The summed E-state index contributed by atoms with van der Waals surface area (Å²) in [5.41, 5.74) is 0.842. The van der Waals surface area contributed by atoms with Crippen LogP contribution in [0.5, 0.6) is 5.75 Å². The molecule has 0 spiro atoms. The third-order valence-corrected chi connectivity index (χ3v) is 7.03. The van der Waals surface area contributed by atoms with Crippen molar-refractivity contribution < 1.29 is 17.9 Å². The third kappa shape index (κ3) is 4.62. The second-order valence-electron chi connectivity index (χ2n) is 7.55. The van der Waals surface area contributed by atoms with Gasteiger partial charge in [-0.3, -0.25) is 4.79 Å². The fourth-order valence-corrected chi connectivity index (χ4v) is 4.96. The second kappa shape index (κ2) is 8.54. The number of piperidine rings is 1. The smallest absolute Gasteiger partial charge is 0.243 e. The van der Waals surface area contributed by atoms with Crippen LogP contribution in [0, 0.1) is 12.8 Å². The van der Waals surface area contributed by atoms with E-state index in [-0.39, 0.29) is 22.8 Å². The van der Waals surface area contributed by atoms with Gasteiger partial charge in [-0.1, -0.05) is 0 Å². The van der Waals surface area contributed by atoms with E-state index in [1.54, 1.807) is 28.9 Å². The first-order valence-corrected chi connectivity index (χ1v) is 11.2. The standard InChI is InChI=1S/C20H28N4O4S/c1-14(2)24-19(13-15(3)22-24)21-20(25)16-9-11-23(12-10-16)29(26,27)18-7-5-17(28-4)6-8-18/h5-8,13-14,16H,9-12H2,1-4H3,(H,21,25). The largest absolute Gasteiger partial charge is 0.497 e. The van der Waals surface area contributed by atoms with Crippen molar-refractivity contribution in [2.75, 3.05) is 25.5 Å². The zero-order valence-corrected chi connectivity index (χ0v) is 18.1. The lowest BCUT2D eigenvalue weighted by atomic mass is 9.97. The number of aryl methyl sites for hydroxylation is 1. The molecule has 29 heavy (non-hydrogen) atoms. The normalized spacial score (nSPS) is 16.2. The Labute approximate surface area is 171 Å². The number of amides is 1. The van der Waals surface area contributed by atoms with Crippen LogP contribution >= 0.6 is 0 Å². The van der Waals surface area contributed by atoms with E-state index in [2.05, 4.69) is 10.4 Å². The van der Waals surface area contributed by atoms with Gasteiger partial charge in [-0.25, -0.2) is 13.1 Å². The van der Waals surface area contributed by atoms with Crippen LogP contribution in [-0.4, -0.2) is 48.6 Å². The van der Waals surface area contributed by atoms with Crippen LogP contribution in [0.4, 0.5) is 5.82 Å². The summed E-state index contributed by atoms with van der Waals surface area (Å²) in [5.74, 6) is 0.965. The molecular weight excluding hydrogens is 392 g/mol. The summed E-state index contributed by atoms with van der Waals surface area (Å²) in [6.07, 6.45) is 0.964. The van der Waals surface area contributed by atoms with Crippen LogP contribution < -0.4 is 10.1 Å².